The third kappa shape index (κ3) is 5.13. The summed E-state index contributed by atoms with van der Waals surface area (Å²) in [6.45, 7) is 0. The van der Waals surface area contributed by atoms with Gasteiger partial charge >= 0.3 is 0 Å². The number of hydrogen-bond donors (Lipinski definition) is 2. The molecule has 1 aromatic heterocycles. The van der Waals surface area contributed by atoms with Crippen LogP contribution in [0.25, 0.3) is 17.0 Å². The van der Waals surface area contributed by atoms with Crippen molar-refractivity contribution < 1.29 is 9.53 Å². The standard InChI is InChI=1S/C22H21Cl2N3O2/c1-27(2)17-8-4-6-16(12-17)26-22(28)21(29-3)9-5-7-15-10-14-11-18(23)19(24)13-20(14)25-15/h4-13,25H,1-3H3,(H,26,28)/b7-5+,21-9-. The number of nitrogens with zero attached hydrogens (tertiary/aromatic N) is 1. The predicted molar refractivity (Wildman–Crippen MR) is 122 cm³/mol. The molecule has 0 saturated carbocycles. The number of aromatic amines is 1. The molecule has 0 unspecified atom stereocenters. The van der Waals surface area contributed by atoms with Gasteiger partial charge in [-0.2, -0.15) is 0 Å². The summed E-state index contributed by atoms with van der Waals surface area (Å²) in [7, 11) is 5.35. The average molecular weight is 430 g/mol. The van der Waals surface area contributed by atoms with E-state index in [1.165, 1.54) is 7.11 Å². The summed E-state index contributed by atoms with van der Waals surface area (Å²) in [5.41, 5.74) is 3.42. The van der Waals surface area contributed by atoms with Gasteiger partial charge in [-0.05, 0) is 48.6 Å². The molecule has 2 aromatic carbocycles. The van der Waals surface area contributed by atoms with Crippen molar-refractivity contribution in [1.82, 2.24) is 4.98 Å². The minimum atomic E-state index is -0.330. The minimum Gasteiger partial charge on any atom is -0.491 e. The van der Waals surface area contributed by atoms with Gasteiger partial charge in [0.25, 0.3) is 5.91 Å². The number of hydrogen-bond acceptors (Lipinski definition) is 3. The molecule has 1 heterocycles. The Morgan fingerprint density at radius 1 is 1.14 bits per heavy atom. The number of rotatable bonds is 6. The Hall–Kier alpha value is -2.89. The molecule has 0 atom stereocenters. The third-order valence-corrected chi connectivity index (χ3v) is 4.99. The van der Waals surface area contributed by atoms with E-state index in [0.29, 0.717) is 15.7 Å². The molecule has 0 aliphatic rings. The van der Waals surface area contributed by atoms with Crippen LogP contribution in [-0.4, -0.2) is 32.1 Å². The van der Waals surface area contributed by atoms with Gasteiger partial charge in [-0.1, -0.05) is 35.3 Å². The number of amides is 1. The number of benzene rings is 2. The van der Waals surface area contributed by atoms with E-state index in [4.69, 9.17) is 27.9 Å². The quantitative estimate of drug-likeness (QED) is 0.299. The van der Waals surface area contributed by atoms with E-state index in [1.807, 2.05) is 55.4 Å². The molecule has 0 aliphatic carbocycles. The molecular formula is C22H21Cl2N3O2. The molecule has 0 saturated heterocycles. The van der Waals surface area contributed by atoms with E-state index in [0.717, 1.165) is 22.3 Å². The lowest BCUT2D eigenvalue weighted by Gasteiger charge is -2.14. The maximum Gasteiger partial charge on any atom is 0.290 e. The minimum absolute atomic E-state index is 0.193. The Kier molecular flexibility index (Phi) is 6.52. The Balaban J connectivity index is 1.74. The lowest BCUT2D eigenvalue weighted by Crippen LogP contribution is -2.16. The molecule has 1 amide bonds. The first-order chi connectivity index (χ1) is 13.9. The highest BCUT2D eigenvalue weighted by Gasteiger charge is 2.10. The summed E-state index contributed by atoms with van der Waals surface area (Å²) in [5, 5.41) is 4.79. The van der Waals surface area contributed by atoms with Crippen molar-refractivity contribution in [2.45, 2.75) is 0 Å². The molecule has 3 rings (SSSR count). The number of ether oxygens (including phenoxy) is 1. The number of carbonyl (C=O) groups excluding carboxylic acids is 1. The fourth-order valence-corrected chi connectivity index (χ4v) is 3.10. The molecule has 0 fully saturated rings. The molecule has 0 bridgehead atoms. The summed E-state index contributed by atoms with van der Waals surface area (Å²) >= 11 is 12.1. The van der Waals surface area contributed by atoms with Crippen molar-refractivity contribution >= 4 is 57.5 Å². The van der Waals surface area contributed by atoms with Crippen LogP contribution in [0, 0.1) is 0 Å². The van der Waals surface area contributed by atoms with Crippen molar-refractivity contribution in [2.75, 3.05) is 31.4 Å². The highest BCUT2D eigenvalue weighted by molar-refractivity contribution is 6.42. The largest absolute Gasteiger partial charge is 0.491 e. The van der Waals surface area contributed by atoms with E-state index in [-0.39, 0.29) is 11.7 Å². The molecule has 7 heteroatoms. The van der Waals surface area contributed by atoms with E-state index in [2.05, 4.69) is 10.3 Å². The lowest BCUT2D eigenvalue weighted by molar-refractivity contribution is -0.115. The molecule has 150 valence electrons. The first-order valence-corrected chi connectivity index (χ1v) is 9.62. The summed E-state index contributed by atoms with van der Waals surface area (Å²) in [6.07, 6.45) is 5.18. The van der Waals surface area contributed by atoms with Crippen LogP contribution < -0.4 is 10.2 Å². The maximum absolute atomic E-state index is 12.5. The fraction of sp³-hybridized carbons (Fsp3) is 0.136. The number of nitrogens with one attached hydrogen (secondary N) is 2. The van der Waals surface area contributed by atoms with Crippen LogP contribution in [0.5, 0.6) is 0 Å². The first-order valence-electron chi connectivity index (χ1n) is 8.86. The van der Waals surface area contributed by atoms with Crippen LogP contribution in [0.1, 0.15) is 5.69 Å². The van der Waals surface area contributed by atoms with E-state index in [1.54, 1.807) is 24.3 Å². The number of halogens is 2. The van der Waals surface area contributed by atoms with Gasteiger partial charge < -0.3 is 19.9 Å². The summed E-state index contributed by atoms with van der Waals surface area (Å²) < 4.78 is 5.23. The van der Waals surface area contributed by atoms with Gasteiger partial charge in [0.2, 0.25) is 0 Å². The number of methoxy groups -OCH3 is 1. The summed E-state index contributed by atoms with van der Waals surface area (Å²) in [5.74, 6) is -0.137. The van der Waals surface area contributed by atoms with Crippen LogP contribution >= 0.6 is 23.2 Å². The zero-order chi connectivity index (χ0) is 21.0. The van der Waals surface area contributed by atoms with Crippen LogP contribution in [-0.2, 0) is 9.53 Å². The van der Waals surface area contributed by atoms with Crippen LogP contribution in [0.15, 0.2) is 60.4 Å². The normalized spacial score (nSPS) is 11.8. The number of anilines is 2. The van der Waals surface area contributed by atoms with Crippen LogP contribution in [0.3, 0.4) is 0 Å². The molecule has 0 spiro atoms. The van der Waals surface area contributed by atoms with E-state index in [9.17, 15) is 4.79 Å². The smallest absolute Gasteiger partial charge is 0.290 e. The molecule has 0 radical (unpaired) electrons. The summed E-state index contributed by atoms with van der Waals surface area (Å²) in [6, 6.07) is 13.1. The predicted octanol–water partition coefficient (Wildman–Crippen LogP) is 5.72. The number of H-pyrrole nitrogens is 1. The number of allylic oxidation sites excluding steroid dienone is 2. The van der Waals surface area contributed by atoms with Gasteiger partial charge in [0.05, 0.1) is 17.2 Å². The lowest BCUT2D eigenvalue weighted by atomic mass is 10.2. The first kappa shape index (κ1) is 20.8. The zero-order valence-electron chi connectivity index (χ0n) is 16.3. The Bertz CT molecular complexity index is 1060. The van der Waals surface area contributed by atoms with Crippen LogP contribution in [0.4, 0.5) is 11.4 Å². The van der Waals surface area contributed by atoms with Gasteiger partial charge in [-0.25, -0.2) is 0 Å². The second-order valence-corrected chi connectivity index (χ2v) is 7.39. The van der Waals surface area contributed by atoms with Gasteiger partial charge in [-0.15, -0.1) is 0 Å². The van der Waals surface area contributed by atoms with E-state index >= 15 is 0 Å². The maximum atomic E-state index is 12.5. The number of carbonyl (C=O) groups is 1. The Labute approximate surface area is 179 Å². The third-order valence-electron chi connectivity index (χ3n) is 4.27. The van der Waals surface area contributed by atoms with Crippen LogP contribution in [0.2, 0.25) is 10.0 Å². The van der Waals surface area contributed by atoms with Crippen molar-refractivity contribution in [3.8, 4) is 0 Å². The van der Waals surface area contributed by atoms with Crippen molar-refractivity contribution in [1.29, 1.82) is 0 Å². The van der Waals surface area contributed by atoms with Gasteiger partial charge in [0.15, 0.2) is 5.76 Å². The summed E-state index contributed by atoms with van der Waals surface area (Å²) in [4.78, 5) is 17.7. The fourth-order valence-electron chi connectivity index (χ4n) is 2.77. The molecule has 2 N–H and O–H groups in total. The second kappa shape index (κ2) is 9.07. The van der Waals surface area contributed by atoms with Gasteiger partial charge in [-0.3, -0.25) is 4.79 Å². The van der Waals surface area contributed by atoms with Crippen molar-refractivity contribution in [3.05, 3.63) is 76.1 Å². The SMILES string of the molecule is CO/C(=C\C=C\c1cc2cc(Cl)c(Cl)cc2[nH]1)C(=O)Nc1cccc(N(C)C)c1. The van der Waals surface area contributed by atoms with Gasteiger partial charge in [0, 0.05) is 42.1 Å². The zero-order valence-corrected chi connectivity index (χ0v) is 17.8. The topological polar surface area (TPSA) is 57.4 Å². The van der Waals surface area contributed by atoms with E-state index < -0.39 is 0 Å². The Morgan fingerprint density at radius 3 is 2.62 bits per heavy atom. The van der Waals surface area contributed by atoms with Crippen molar-refractivity contribution in [3.63, 3.8) is 0 Å². The molecule has 3 aromatic rings. The molecule has 0 aliphatic heterocycles. The highest BCUT2D eigenvalue weighted by Crippen LogP contribution is 2.28. The average Bonchev–Trinajstić information content (AvgIpc) is 3.07. The monoisotopic (exact) mass is 429 g/mol. The molecule has 5 nitrogen and oxygen atoms in total. The molecular weight excluding hydrogens is 409 g/mol. The van der Waals surface area contributed by atoms with Crippen molar-refractivity contribution in [2.24, 2.45) is 0 Å². The second-order valence-electron chi connectivity index (χ2n) is 6.57. The number of aromatic nitrogens is 1. The van der Waals surface area contributed by atoms with Gasteiger partial charge in [0.1, 0.15) is 0 Å². The highest BCUT2D eigenvalue weighted by atomic mass is 35.5. The molecule has 29 heavy (non-hydrogen) atoms. The number of fused-ring (bicyclic) bond motifs is 1. The Morgan fingerprint density at radius 2 is 1.90 bits per heavy atom.